The summed E-state index contributed by atoms with van der Waals surface area (Å²) in [6.07, 6.45) is 1.83. The molecule has 2 amide bonds. The molecule has 0 unspecified atom stereocenters. The molecule has 1 N–H and O–H groups in total. The number of hydrogen-bond acceptors (Lipinski definition) is 6. The maximum Gasteiger partial charge on any atom is 0.281 e. The van der Waals surface area contributed by atoms with E-state index >= 15 is 0 Å². The summed E-state index contributed by atoms with van der Waals surface area (Å²) in [6.45, 7) is 5.63. The van der Waals surface area contributed by atoms with Gasteiger partial charge in [-0.05, 0) is 55.8 Å². The monoisotopic (exact) mass is 468 g/mol. The number of nitrogens with zero attached hydrogens (tertiary/aromatic N) is 3. The van der Waals surface area contributed by atoms with E-state index in [9.17, 15) is 9.59 Å². The molecule has 0 spiro atoms. The number of carbonyl (C=O) groups is 2. The second-order valence-corrected chi connectivity index (χ2v) is 8.05. The van der Waals surface area contributed by atoms with Gasteiger partial charge in [-0.3, -0.25) is 14.6 Å². The highest BCUT2D eigenvalue weighted by Crippen LogP contribution is 2.23. The SMILES string of the molecule is CCOc1ccc(-c2csc(=NC(=O)c3ccc(C)nc3)n2CCNC(=O)CCOC)cc1. The Hall–Kier alpha value is -3.30. The van der Waals surface area contributed by atoms with Gasteiger partial charge in [-0.1, -0.05) is 0 Å². The van der Waals surface area contributed by atoms with E-state index in [4.69, 9.17) is 9.47 Å². The molecule has 0 saturated heterocycles. The van der Waals surface area contributed by atoms with Gasteiger partial charge >= 0.3 is 0 Å². The van der Waals surface area contributed by atoms with Crippen LogP contribution in [-0.4, -0.2) is 48.2 Å². The minimum Gasteiger partial charge on any atom is -0.494 e. The van der Waals surface area contributed by atoms with Crippen molar-refractivity contribution in [2.24, 2.45) is 4.99 Å². The van der Waals surface area contributed by atoms with E-state index in [1.54, 1.807) is 19.2 Å². The smallest absolute Gasteiger partial charge is 0.281 e. The fourth-order valence-corrected chi connectivity index (χ4v) is 4.02. The van der Waals surface area contributed by atoms with Crippen molar-refractivity contribution in [3.05, 3.63) is 64.0 Å². The zero-order valence-electron chi connectivity index (χ0n) is 19.0. The minimum atomic E-state index is -0.361. The lowest BCUT2D eigenvalue weighted by Crippen LogP contribution is -2.30. The van der Waals surface area contributed by atoms with Crippen LogP contribution in [-0.2, 0) is 16.1 Å². The van der Waals surface area contributed by atoms with E-state index in [1.165, 1.54) is 17.5 Å². The number of thiazole rings is 1. The van der Waals surface area contributed by atoms with Crippen molar-refractivity contribution in [1.82, 2.24) is 14.9 Å². The Morgan fingerprint density at radius 2 is 1.97 bits per heavy atom. The summed E-state index contributed by atoms with van der Waals surface area (Å²) in [6, 6.07) is 11.3. The van der Waals surface area contributed by atoms with Crippen LogP contribution in [0.2, 0.25) is 0 Å². The van der Waals surface area contributed by atoms with E-state index in [2.05, 4.69) is 15.3 Å². The van der Waals surface area contributed by atoms with Gasteiger partial charge < -0.3 is 19.4 Å². The summed E-state index contributed by atoms with van der Waals surface area (Å²) in [7, 11) is 1.56. The first-order valence-corrected chi connectivity index (χ1v) is 11.6. The number of hydrogen-bond donors (Lipinski definition) is 1. The average molecular weight is 469 g/mol. The molecule has 33 heavy (non-hydrogen) atoms. The summed E-state index contributed by atoms with van der Waals surface area (Å²) in [4.78, 5) is 33.8. The van der Waals surface area contributed by atoms with Crippen LogP contribution in [0.5, 0.6) is 5.75 Å². The number of amides is 2. The molecule has 0 radical (unpaired) electrons. The highest BCUT2D eigenvalue weighted by atomic mass is 32.1. The van der Waals surface area contributed by atoms with Crippen LogP contribution in [0, 0.1) is 6.92 Å². The third kappa shape index (κ3) is 6.84. The molecule has 3 aromatic rings. The van der Waals surface area contributed by atoms with Gasteiger partial charge in [0.15, 0.2) is 4.80 Å². The summed E-state index contributed by atoms with van der Waals surface area (Å²) < 4.78 is 12.4. The first-order chi connectivity index (χ1) is 16.0. The largest absolute Gasteiger partial charge is 0.494 e. The zero-order valence-corrected chi connectivity index (χ0v) is 19.9. The van der Waals surface area contributed by atoms with Crippen LogP contribution < -0.4 is 14.9 Å². The number of aromatic nitrogens is 2. The fraction of sp³-hybridized carbons (Fsp3) is 0.333. The molecular formula is C24H28N4O4S. The molecule has 8 nitrogen and oxygen atoms in total. The van der Waals surface area contributed by atoms with Crippen molar-refractivity contribution in [3.63, 3.8) is 0 Å². The molecule has 174 valence electrons. The molecule has 2 heterocycles. The van der Waals surface area contributed by atoms with Crippen molar-refractivity contribution in [2.75, 3.05) is 26.9 Å². The van der Waals surface area contributed by atoms with Crippen molar-refractivity contribution >= 4 is 23.2 Å². The molecule has 0 aliphatic heterocycles. The van der Waals surface area contributed by atoms with Gasteiger partial charge in [0.2, 0.25) is 5.91 Å². The van der Waals surface area contributed by atoms with Crippen molar-refractivity contribution in [2.45, 2.75) is 26.8 Å². The van der Waals surface area contributed by atoms with Gasteiger partial charge in [-0.2, -0.15) is 4.99 Å². The Bertz CT molecular complexity index is 1130. The van der Waals surface area contributed by atoms with Crippen LogP contribution in [0.25, 0.3) is 11.3 Å². The second-order valence-electron chi connectivity index (χ2n) is 7.21. The van der Waals surface area contributed by atoms with Crippen LogP contribution in [0.15, 0.2) is 53.0 Å². The number of benzene rings is 1. The first-order valence-electron chi connectivity index (χ1n) is 10.7. The van der Waals surface area contributed by atoms with Gasteiger partial charge in [-0.15, -0.1) is 11.3 Å². The van der Waals surface area contributed by atoms with Gasteiger partial charge in [0.05, 0.1) is 24.5 Å². The summed E-state index contributed by atoms with van der Waals surface area (Å²) >= 11 is 1.38. The molecular weight excluding hydrogens is 440 g/mol. The van der Waals surface area contributed by atoms with Gasteiger partial charge in [-0.25, -0.2) is 0 Å². The van der Waals surface area contributed by atoms with E-state index in [0.717, 1.165) is 22.7 Å². The number of aryl methyl sites for hydroxylation is 1. The van der Waals surface area contributed by atoms with E-state index in [0.29, 0.717) is 43.1 Å². The number of pyridine rings is 1. The summed E-state index contributed by atoms with van der Waals surface area (Å²) in [5.41, 5.74) is 3.13. The third-order valence-electron chi connectivity index (χ3n) is 4.81. The minimum absolute atomic E-state index is 0.0874. The van der Waals surface area contributed by atoms with E-state index in [-0.39, 0.29) is 11.8 Å². The lowest BCUT2D eigenvalue weighted by Gasteiger charge is -2.11. The standard InChI is InChI=1S/C24H28N4O4S/c1-4-32-20-9-7-18(8-10-20)21-16-33-24(27-23(30)19-6-5-17(2)26-15-19)28(21)13-12-25-22(29)11-14-31-3/h5-10,15-16H,4,11-14H2,1-3H3,(H,25,29). The highest BCUT2D eigenvalue weighted by Gasteiger charge is 2.12. The zero-order chi connectivity index (χ0) is 23.6. The molecule has 0 aliphatic rings. The van der Waals surface area contributed by atoms with Crippen molar-refractivity contribution in [3.8, 4) is 17.0 Å². The third-order valence-corrected chi connectivity index (χ3v) is 5.67. The lowest BCUT2D eigenvalue weighted by atomic mass is 10.1. The molecule has 3 rings (SSSR count). The highest BCUT2D eigenvalue weighted by molar-refractivity contribution is 7.07. The van der Waals surface area contributed by atoms with Gasteiger partial charge in [0.25, 0.3) is 5.91 Å². The predicted molar refractivity (Wildman–Crippen MR) is 127 cm³/mol. The number of methoxy groups -OCH3 is 1. The fourth-order valence-electron chi connectivity index (χ4n) is 3.09. The molecule has 0 atom stereocenters. The maximum absolute atomic E-state index is 12.7. The van der Waals surface area contributed by atoms with Gasteiger partial charge in [0.1, 0.15) is 5.75 Å². The predicted octanol–water partition coefficient (Wildman–Crippen LogP) is 3.21. The summed E-state index contributed by atoms with van der Waals surface area (Å²) in [5, 5.41) is 4.85. The number of carbonyl (C=O) groups excluding carboxylic acids is 2. The molecule has 0 aliphatic carbocycles. The van der Waals surface area contributed by atoms with Crippen LogP contribution >= 0.6 is 11.3 Å². The van der Waals surface area contributed by atoms with Crippen molar-refractivity contribution < 1.29 is 19.1 Å². The number of rotatable bonds is 10. The Kier molecular flexibility index (Phi) is 8.91. The topological polar surface area (TPSA) is 94.8 Å². The summed E-state index contributed by atoms with van der Waals surface area (Å²) in [5.74, 6) is 0.344. The normalized spacial score (nSPS) is 11.4. The Labute approximate surface area is 196 Å². The Morgan fingerprint density at radius 3 is 2.64 bits per heavy atom. The van der Waals surface area contributed by atoms with Crippen LogP contribution in [0.3, 0.4) is 0 Å². The molecule has 0 saturated carbocycles. The molecule has 2 aromatic heterocycles. The number of ether oxygens (including phenoxy) is 2. The maximum atomic E-state index is 12.7. The second kappa shape index (κ2) is 12.1. The van der Waals surface area contributed by atoms with E-state index in [1.807, 2.05) is 48.1 Å². The molecule has 1 aromatic carbocycles. The molecule has 0 bridgehead atoms. The van der Waals surface area contributed by atoms with Crippen LogP contribution in [0.1, 0.15) is 29.4 Å². The Balaban J connectivity index is 1.89. The van der Waals surface area contributed by atoms with Crippen molar-refractivity contribution in [1.29, 1.82) is 0 Å². The number of nitrogens with one attached hydrogen (secondary N) is 1. The average Bonchev–Trinajstić information content (AvgIpc) is 3.21. The van der Waals surface area contributed by atoms with Gasteiger partial charge in [0, 0.05) is 43.9 Å². The molecule has 9 heteroatoms. The van der Waals surface area contributed by atoms with Crippen LogP contribution in [0.4, 0.5) is 0 Å². The first kappa shape index (κ1) is 24.3. The van der Waals surface area contributed by atoms with E-state index < -0.39 is 0 Å². The molecule has 0 fully saturated rings. The Morgan fingerprint density at radius 1 is 1.18 bits per heavy atom. The lowest BCUT2D eigenvalue weighted by molar-refractivity contribution is -0.121. The quantitative estimate of drug-likeness (QED) is 0.493.